The van der Waals surface area contributed by atoms with Gasteiger partial charge in [-0.25, -0.2) is 0 Å². The van der Waals surface area contributed by atoms with Gasteiger partial charge in [-0.15, -0.1) is 0 Å². The minimum absolute atomic E-state index is 0.00859. The third kappa shape index (κ3) is 3.18. The van der Waals surface area contributed by atoms with Crippen molar-refractivity contribution in [3.63, 3.8) is 0 Å². The summed E-state index contributed by atoms with van der Waals surface area (Å²) in [6.07, 6.45) is -0.614. The molecule has 1 fully saturated rings. The zero-order valence-corrected chi connectivity index (χ0v) is 8.39. The highest BCUT2D eigenvalue weighted by Crippen LogP contribution is 2.21. The summed E-state index contributed by atoms with van der Waals surface area (Å²) in [6.45, 7) is 1.33. The summed E-state index contributed by atoms with van der Waals surface area (Å²) in [5.41, 5.74) is 0. The first kappa shape index (κ1) is 11.9. The molecule has 5 nitrogen and oxygen atoms in total. The van der Waals surface area contributed by atoms with Gasteiger partial charge in [-0.05, 0) is 6.42 Å². The summed E-state index contributed by atoms with van der Waals surface area (Å²) >= 11 is 0. The number of aliphatic hydroxyl groups excluding tert-OH is 2. The molecule has 1 aliphatic heterocycles. The average Bonchev–Trinajstić information content (AvgIpc) is 2.67. The molecular weight excluding hydrogens is 188 g/mol. The molecule has 2 atom stereocenters. The number of aliphatic hydroxyl groups is 2. The quantitative estimate of drug-likeness (QED) is 0.605. The molecule has 1 rings (SSSR count). The van der Waals surface area contributed by atoms with Gasteiger partial charge in [-0.1, -0.05) is 0 Å². The van der Waals surface area contributed by atoms with Gasteiger partial charge in [0.15, 0.2) is 6.29 Å². The van der Waals surface area contributed by atoms with E-state index in [0.717, 1.165) is 0 Å². The van der Waals surface area contributed by atoms with Crippen molar-refractivity contribution in [3.8, 4) is 0 Å². The van der Waals surface area contributed by atoms with Crippen LogP contribution in [-0.4, -0.2) is 56.1 Å². The molecule has 0 bridgehead atoms. The first-order chi connectivity index (χ1) is 6.79. The fourth-order valence-electron chi connectivity index (χ4n) is 1.58. The van der Waals surface area contributed by atoms with Crippen molar-refractivity contribution in [1.82, 2.24) is 0 Å². The molecule has 5 heteroatoms. The zero-order valence-electron chi connectivity index (χ0n) is 8.39. The monoisotopic (exact) mass is 206 g/mol. The van der Waals surface area contributed by atoms with Crippen LogP contribution in [0.1, 0.15) is 6.42 Å². The van der Waals surface area contributed by atoms with Gasteiger partial charge in [-0.2, -0.15) is 0 Å². The van der Waals surface area contributed by atoms with Gasteiger partial charge >= 0.3 is 0 Å². The van der Waals surface area contributed by atoms with Gasteiger partial charge in [0.05, 0.1) is 25.9 Å². The minimum atomic E-state index is -0.657. The van der Waals surface area contributed by atoms with E-state index < -0.39 is 12.4 Å². The van der Waals surface area contributed by atoms with Crippen LogP contribution >= 0.6 is 0 Å². The van der Waals surface area contributed by atoms with Crippen LogP contribution < -0.4 is 0 Å². The van der Waals surface area contributed by atoms with Crippen LogP contribution in [0.2, 0.25) is 0 Å². The molecule has 0 aromatic carbocycles. The third-order valence-corrected chi connectivity index (χ3v) is 2.29. The summed E-state index contributed by atoms with van der Waals surface area (Å²) in [6, 6.07) is 0. The fraction of sp³-hybridized carbons (Fsp3) is 1.00. The molecule has 2 N–H and O–H groups in total. The molecule has 0 aromatic rings. The molecule has 0 spiro atoms. The van der Waals surface area contributed by atoms with E-state index in [0.29, 0.717) is 19.6 Å². The second-order valence-corrected chi connectivity index (χ2v) is 3.31. The molecule has 0 aliphatic carbocycles. The van der Waals surface area contributed by atoms with Crippen molar-refractivity contribution in [3.05, 3.63) is 0 Å². The standard InChI is InChI=1S/C9H18O5/c1-12-6-8(11)7(2-3-10)9-13-4-5-14-9/h7-11H,2-6H2,1H3/t7-,8+/m0/s1. The zero-order chi connectivity index (χ0) is 10.4. The van der Waals surface area contributed by atoms with E-state index in [9.17, 15) is 5.11 Å². The Hall–Kier alpha value is -0.200. The summed E-state index contributed by atoms with van der Waals surface area (Å²) in [5.74, 6) is -0.220. The summed E-state index contributed by atoms with van der Waals surface area (Å²) in [7, 11) is 1.52. The molecule has 0 unspecified atom stereocenters. The molecule has 0 saturated carbocycles. The predicted molar refractivity (Wildman–Crippen MR) is 48.8 cm³/mol. The third-order valence-electron chi connectivity index (χ3n) is 2.29. The second-order valence-electron chi connectivity index (χ2n) is 3.31. The Bertz CT molecular complexity index is 146. The van der Waals surface area contributed by atoms with Gasteiger partial charge < -0.3 is 24.4 Å². The van der Waals surface area contributed by atoms with E-state index in [1.165, 1.54) is 7.11 Å². The van der Waals surface area contributed by atoms with Crippen molar-refractivity contribution < 1.29 is 24.4 Å². The van der Waals surface area contributed by atoms with Crippen LogP contribution in [-0.2, 0) is 14.2 Å². The van der Waals surface area contributed by atoms with Crippen molar-refractivity contribution >= 4 is 0 Å². The minimum Gasteiger partial charge on any atom is -0.396 e. The molecule has 1 aliphatic rings. The van der Waals surface area contributed by atoms with E-state index in [-0.39, 0.29) is 19.1 Å². The van der Waals surface area contributed by atoms with Crippen LogP contribution in [0.5, 0.6) is 0 Å². The van der Waals surface area contributed by atoms with E-state index in [1.54, 1.807) is 0 Å². The molecule has 1 saturated heterocycles. The maximum atomic E-state index is 9.70. The second kappa shape index (κ2) is 6.31. The van der Waals surface area contributed by atoms with Crippen molar-refractivity contribution in [2.24, 2.45) is 5.92 Å². The van der Waals surface area contributed by atoms with E-state index in [1.807, 2.05) is 0 Å². The summed E-state index contributed by atoms with van der Waals surface area (Å²) < 4.78 is 15.4. The lowest BCUT2D eigenvalue weighted by Crippen LogP contribution is -2.36. The molecule has 1 heterocycles. The lowest BCUT2D eigenvalue weighted by molar-refractivity contribution is -0.131. The number of rotatable bonds is 6. The maximum Gasteiger partial charge on any atom is 0.163 e. The Morgan fingerprint density at radius 3 is 2.57 bits per heavy atom. The van der Waals surface area contributed by atoms with E-state index in [4.69, 9.17) is 19.3 Å². The van der Waals surface area contributed by atoms with Crippen molar-refractivity contribution in [2.75, 3.05) is 33.5 Å². The lowest BCUT2D eigenvalue weighted by atomic mass is 9.99. The Balaban J connectivity index is 2.43. The SMILES string of the molecule is COC[C@@H](O)[C@H](CCO)C1OCCO1. The van der Waals surface area contributed by atoms with E-state index >= 15 is 0 Å². The maximum absolute atomic E-state index is 9.70. The average molecular weight is 206 g/mol. The van der Waals surface area contributed by atoms with Gasteiger partial charge in [0.1, 0.15) is 0 Å². The number of methoxy groups -OCH3 is 1. The summed E-state index contributed by atoms with van der Waals surface area (Å²) in [5, 5.41) is 18.6. The van der Waals surface area contributed by atoms with Gasteiger partial charge in [0.2, 0.25) is 0 Å². The Labute approximate surface area is 83.6 Å². The number of ether oxygens (including phenoxy) is 3. The van der Waals surface area contributed by atoms with Crippen LogP contribution in [0.3, 0.4) is 0 Å². The Morgan fingerprint density at radius 2 is 2.07 bits per heavy atom. The highest BCUT2D eigenvalue weighted by atomic mass is 16.7. The Kier molecular flexibility index (Phi) is 5.36. The van der Waals surface area contributed by atoms with Crippen molar-refractivity contribution in [2.45, 2.75) is 18.8 Å². The number of hydrogen-bond donors (Lipinski definition) is 2. The molecule has 14 heavy (non-hydrogen) atoms. The van der Waals surface area contributed by atoms with Crippen LogP contribution in [0.25, 0.3) is 0 Å². The van der Waals surface area contributed by atoms with Crippen LogP contribution in [0.4, 0.5) is 0 Å². The molecule has 84 valence electrons. The molecule has 0 amide bonds. The summed E-state index contributed by atoms with van der Waals surface area (Å²) in [4.78, 5) is 0. The first-order valence-corrected chi connectivity index (χ1v) is 4.80. The van der Waals surface area contributed by atoms with Crippen LogP contribution in [0, 0.1) is 5.92 Å². The smallest absolute Gasteiger partial charge is 0.163 e. The molecule has 0 aromatic heterocycles. The Morgan fingerprint density at radius 1 is 1.43 bits per heavy atom. The van der Waals surface area contributed by atoms with Gasteiger partial charge in [0, 0.05) is 19.6 Å². The normalized spacial score (nSPS) is 22.5. The highest BCUT2D eigenvalue weighted by molar-refractivity contribution is 4.74. The van der Waals surface area contributed by atoms with Gasteiger partial charge in [-0.3, -0.25) is 0 Å². The predicted octanol–water partition coefficient (Wildman–Crippen LogP) is -0.635. The topological polar surface area (TPSA) is 68.2 Å². The largest absolute Gasteiger partial charge is 0.396 e. The van der Waals surface area contributed by atoms with Gasteiger partial charge in [0.25, 0.3) is 0 Å². The molecule has 0 radical (unpaired) electrons. The first-order valence-electron chi connectivity index (χ1n) is 4.80. The van der Waals surface area contributed by atoms with Crippen LogP contribution in [0.15, 0.2) is 0 Å². The number of hydrogen-bond acceptors (Lipinski definition) is 5. The van der Waals surface area contributed by atoms with Crippen molar-refractivity contribution in [1.29, 1.82) is 0 Å². The molecular formula is C9H18O5. The highest BCUT2D eigenvalue weighted by Gasteiger charge is 2.32. The fourth-order valence-corrected chi connectivity index (χ4v) is 1.58. The lowest BCUT2D eigenvalue weighted by Gasteiger charge is -2.25. The van der Waals surface area contributed by atoms with E-state index in [2.05, 4.69) is 0 Å².